The number of ether oxygens (including phenoxy) is 1. The molecule has 196 valence electrons. The van der Waals surface area contributed by atoms with Crippen LogP contribution in [0.1, 0.15) is 16.6 Å². The molecule has 0 spiro atoms. The van der Waals surface area contributed by atoms with E-state index in [1.807, 2.05) is 6.07 Å². The maximum Gasteiger partial charge on any atom is 0.300 e. The number of thioether (sulfide) groups is 1. The predicted octanol–water partition coefficient (Wildman–Crippen LogP) is 2.05. The number of benzene rings is 1. The van der Waals surface area contributed by atoms with E-state index in [0.29, 0.717) is 37.5 Å². The van der Waals surface area contributed by atoms with Gasteiger partial charge < -0.3 is 20.1 Å². The number of hydrogen-bond acceptors (Lipinski definition) is 9. The first-order chi connectivity index (χ1) is 17.6. The highest BCUT2D eigenvalue weighted by Gasteiger charge is 2.28. The summed E-state index contributed by atoms with van der Waals surface area (Å²) in [6.45, 7) is 2.63. The average molecular weight is 548 g/mol. The van der Waals surface area contributed by atoms with Gasteiger partial charge in [-0.25, -0.2) is 22.1 Å². The van der Waals surface area contributed by atoms with Gasteiger partial charge in [-0.15, -0.1) is 0 Å². The van der Waals surface area contributed by atoms with Crippen molar-refractivity contribution in [2.75, 3.05) is 45.3 Å². The molecular weight excluding hydrogens is 521 g/mol. The molecule has 0 saturated carbocycles. The van der Waals surface area contributed by atoms with Crippen molar-refractivity contribution in [2.24, 2.45) is 0 Å². The first kappa shape index (κ1) is 25.5. The highest BCUT2D eigenvalue weighted by atomic mass is 32.2. The van der Waals surface area contributed by atoms with Gasteiger partial charge in [0.15, 0.2) is 0 Å². The van der Waals surface area contributed by atoms with Crippen LogP contribution < -0.4 is 15.8 Å². The second-order valence-electron chi connectivity index (χ2n) is 8.86. The number of pyridine rings is 1. The molecule has 0 aliphatic carbocycles. The summed E-state index contributed by atoms with van der Waals surface area (Å²) in [5.41, 5.74) is 1.27. The van der Waals surface area contributed by atoms with Gasteiger partial charge in [0.25, 0.3) is 0 Å². The monoisotopic (exact) mass is 547 g/mol. The van der Waals surface area contributed by atoms with Crippen molar-refractivity contribution in [3.8, 4) is 5.75 Å². The normalized spacial score (nSPS) is 18.3. The largest absolute Gasteiger partial charge is 0.502 e. The Morgan fingerprint density at radius 2 is 2.00 bits per heavy atom. The van der Waals surface area contributed by atoms with Gasteiger partial charge in [-0.1, -0.05) is 17.8 Å². The SMILES string of the molecule is CN(C)S(=O)(=O)c1cc(F)ccc1CC1=CNC(c2nc3ccc(N4CCOCC4)cn3c(=O)c2O)S1. The predicted molar refractivity (Wildman–Crippen MR) is 139 cm³/mol. The Hall–Kier alpha value is -3.13. The van der Waals surface area contributed by atoms with E-state index < -0.39 is 32.5 Å². The zero-order valence-electron chi connectivity index (χ0n) is 20.2. The van der Waals surface area contributed by atoms with Crippen molar-refractivity contribution in [3.05, 3.63) is 75.1 Å². The van der Waals surface area contributed by atoms with Crippen LogP contribution in [0.2, 0.25) is 0 Å². The Morgan fingerprint density at radius 3 is 2.73 bits per heavy atom. The maximum absolute atomic E-state index is 13.9. The molecule has 1 aromatic carbocycles. The maximum atomic E-state index is 13.9. The van der Waals surface area contributed by atoms with Crippen molar-refractivity contribution in [1.82, 2.24) is 19.0 Å². The minimum absolute atomic E-state index is 0.108. The third-order valence-corrected chi connectivity index (χ3v) is 9.31. The number of aromatic nitrogens is 2. The topological polar surface area (TPSA) is 116 Å². The molecule has 2 aliphatic rings. The molecule has 0 amide bonds. The highest BCUT2D eigenvalue weighted by Crippen LogP contribution is 2.41. The number of hydrogen-bond donors (Lipinski definition) is 2. The number of nitrogens with one attached hydrogen (secondary N) is 1. The first-order valence-electron chi connectivity index (χ1n) is 11.6. The fourth-order valence-corrected chi connectivity index (χ4v) is 6.46. The van der Waals surface area contributed by atoms with Gasteiger partial charge in [-0.3, -0.25) is 9.20 Å². The number of aromatic hydroxyl groups is 1. The summed E-state index contributed by atoms with van der Waals surface area (Å²) in [7, 11) is -1.07. The fourth-order valence-electron chi connectivity index (χ4n) is 4.24. The average Bonchev–Trinajstić information content (AvgIpc) is 3.35. The summed E-state index contributed by atoms with van der Waals surface area (Å²) in [5, 5.41) is 13.3. The lowest BCUT2D eigenvalue weighted by Gasteiger charge is -2.28. The van der Waals surface area contributed by atoms with Crippen LogP contribution in [0.15, 0.2) is 57.3 Å². The first-order valence-corrected chi connectivity index (χ1v) is 13.9. The lowest BCUT2D eigenvalue weighted by atomic mass is 10.1. The van der Waals surface area contributed by atoms with Gasteiger partial charge in [-0.2, -0.15) is 0 Å². The van der Waals surface area contributed by atoms with E-state index in [4.69, 9.17) is 4.74 Å². The molecule has 0 bridgehead atoms. The number of rotatable bonds is 6. The molecule has 3 aromatic rings. The zero-order chi connectivity index (χ0) is 26.3. The summed E-state index contributed by atoms with van der Waals surface area (Å²) < 4.78 is 47.1. The molecule has 2 N–H and O–H groups in total. The molecule has 37 heavy (non-hydrogen) atoms. The summed E-state index contributed by atoms with van der Waals surface area (Å²) >= 11 is 1.30. The van der Waals surface area contributed by atoms with Crippen LogP contribution in [-0.2, 0) is 21.2 Å². The van der Waals surface area contributed by atoms with E-state index in [1.54, 1.807) is 18.5 Å². The van der Waals surface area contributed by atoms with Crippen LogP contribution in [0.4, 0.5) is 10.1 Å². The lowest BCUT2D eigenvalue weighted by Crippen LogP contribution is -2.36. The number of nitrogens with zero attached hydrogens (tertiary/aromatic N) is 4. The number of halogens is 1. The van der Waals surface area contributed by atoms with Gasteiger partial charge >= 0.3 is 5.56 Å². The summed E-state index contributed by atoms with van der Waals surface area (Å²) in [5.74, 6) is -1.11. The minimum atomic E-state index is -3.86. The number of morpholine rings is 1. The van der Waals surface area contributed by atoms with Gasteiger partial charge in [-0.05, 0) is 29.8 Å². The van der Waals surface area contributed by atoms with Crippen molar-refractivity contribution in [2.45, 2.75) is 16.7 Å². The van der Waals surface area contributed by atoms with Crippen molar-refractivity contribution >= 4 is 33.1 Å². The summed E-state index contributed by atoms with van der Waals surface area (Å²) in [4.78, 5) is 20.3. The smallest absolute Gasteiger partial charge is 0.300 e. The Morgan fingerprint density at radius 1 is 1.24 bits per heavy atom. The van der Waals surface area contributed by atoms with E-state index in [2.05, 4.69) is 15.2 Å². The van der Waals surface area contributed by atoms with Crippen LogP contribution in [0, 0.1) is 5.82 Å². The molecule has 1 atom stereocenters. The van der Waals surface area contributed by atoms with E-state index in [9.17, 15) is 22.7 Å². The van der Waals surface area contributed by atoms with Gasteiger partial charge in [0.05, 0.1) is 23.8 Å². The summed E-state index contributed by atoms with van der Waals surface area (Å²) in [6, 6.07) is 7.30. The van der Waals surface area contributed by atoms with Crippen LogP contribution >= 0.6 is 11.8 Å². The molecule has 0 radical (unpaired) electrons. The van der Waals surface area contributed by atoms with Crippen molar-refractivity contribution in [3.63, 3.8) is 0 Å². The quantitative estimate of drug-likeness (QED) is 0.478. The zero-order valence-corrected chi connectivity index (χ0v) is 21.9. The van der Waals surface area contributed by atoms with Crippen molar-refractivity contribution in [1.29, 1.82) is 0 Å². The molecule has 2 aromatic heterocycles. The molecule has 1 unspecified atom stereocenters. The summed E-state index contributed by atoms with van der Waals surface area (Å²) in [6.07, 6.45) is 3.57. The van der Waals surface area contributed by atoms with E-state index in [0.717, 1.165) is 21.0 Å². The van der Waals surface area contributed by atoms with Gasteiger partial charge in [0.1, 0.15) is 22.5 Å². The third-order valence-electron chi connectivity index (χ3n) is 6.25. The molecule has 2 aliphatic heterocycles. The highest BCUT2D eigenvalue weighted by molar-refractivity contribution is 8.03. The third kappa shape index (κ3) is 4.91. The Kier molecular flexibility index (Phi) is 6.88. The molecule has 4 heterocycles. The Balaban J connectivity index is 1.39. The Bertz CT molecular complexity index is 1550. The van der Waals surface area contributed by atoms with E-state index >= 15 is 0 Å². The molecule has 13 heteroatoms. The van der Waals surface area contributed by atoms with Gasteiger partial charge in [0, 0.05) is 50.9 Å². The van der Waals surface area contributed by atoms with Crippen LogP contribution in [0.25, 0.3) is 5.65 Å². The Labute approximate surface area is 217 Å². The van der Waals surface area contributed by atoms with E-state index in [1.165, 1.54) is 42.4 Å². The van der Waals surface area contributed by atoms with Crippen molar-refractivity contribution < 1.29 is 22.7 Å². The number of fused-ring (bicyclic) bond motifs is 1. The second-order valence-corrected chi connectivity index (χ2v) is 12.2. The van der Waals surface area contributed by atoms with Crippen LogP contribution in [0.5, 0.6) is 5.75 Å². The molecule has 1 saturated heterocycles. The number of allylic oxidation sites excluding steroid dienone is 1. The second kappa shape index (κ2) is 9.97. The molecule has 5 rings (SSSR count). The van der Waals surface area contributed by atoms with Crippen LogP contribution in [0.3, 0.4) is 0 Å². The van der Waals surface area contributed by atoms with Gasteiger partial charge in [0.2, 0.25) is 15.8 Å². The minimum Gasteiger partial charge on any atom is -0.502 e. The number of anilines is 1. The van der Waals surface area contributed by atoms with E-state index in [-0.39, 0.29) is 17.0 Å². The molecule has 10 nitrogen and oxygen atoms in total. The lowest BCUT2D eigenvalue weighted by molar-refractivity contribution is 0.122. The molecule has 1 fully saturated rings. The molecular formula is C24H26FN5O5S2. The van der Waals surface area contributed by atoms with Crippen LogP contribution in [-0.4, -0.2) is 67.6 Å². The standard InChI is InChI=1S/C24H26FN5O5S2/c1-28(2)37(33,34)19-12-16(25)4-3-15(19)11-18-13-26-23(36-18)21-22(31)24(32)30-14-17(5-6-20(30)27-21)29-7-9-35-10-8-29/h3-6,12-14,23,26,31H,7-11H2,1-2H3. The fraction of sp³-hybridized carbons (Fsp3) is 0.333. The number of sulfonamides is 1.